The molecule has 3 aromatic rings. The third kappa shape index (κ3) is 12.1. The molecule has 0 aliphatic carbocycles. The number of ether oxygens (including phenoxy) is 5. The summed E-state index contributed by atoms with van der Waals surface area (Å²) in [5.74, 6) is -0.390. The summed E-state index contributed by atoms with van der Waals surface area (Å²) in [7, 11) is 1.46. The van der Waals surface area contributed by atoms with Crippen molar-refractivity contribution in [2.75, 3.05) is 91.5 Å². The van der Waals surface area contributed by atoms with Crippen LogP contribution in [-0.2, 0) is 18.9 Å². The van der Waals surface area contributed by atoms with Gasteiger partial charge in [-0.3, -0.25) is 14.0 Å². The molecule has 0 aliphatic heterocycles. The number of urea groups is 1. The lowest BCUT2D eigenvalue weighted by molar-refractivity contribution is 0.0493. The third-order valence-corrected chi connectivity index (χ3v) is 6.40. The lowest BCUT2D eigenvalue weighted by Crippen LogP contribution is -2.39. The molecule has 0 unspecified atom stereocenters. The smallest absolute Gasteiger partial charge is 0.314 e. The predicted octanol–water partition coefficient (Wildman–Crippen LogP) is 0.711. The number of amides is 4. The predicted molar refractivity (Wildman–Crippen MR) is 160 cm³/mol. The van der Waals surface area contributed by atoms with Crippen LogP contribution in [0.25, 0.3) is 4.96 Å². The molecule has 0 saturated heterocycles. The van der Waals surface area contributed by atoms with Gasteiger partial charge in [0.25, 0.3) is 11.8 Å². The van der Waals surface area contributed by atoms with E-state index in [2.05, 4.69) is 26.3 Å². The number of fused-ring (bicyclic) bond motifs is 1. The number of imidazole rings is 1. The number of hydrogen-bond donors (Lipinski definition) is 5. The zero-order chi connectivity index (χ0) is 30.7. The zero-order valence-electron chi connectivity index (χ0n) is 24.1. The number of benzene rings is 1. The number of rotatable bonds is 21. The SMILES string of the molecule is COc1ccc(NC(=O)c2cn3ccsc3n2)cc1C(=O)NCCOCCOCCNC(=O)NCCOCCOCCN. The zero-order valence-corrected chi connectivity index (χ0v) is 24.9. The standard InChI is InChI=1S/C27H39N7O8S/c1-38-23-3-2-20(32-25(36)22-19-34-8-17-43-27(34)33-22)18-21(23)24(35)29-5-10-40-15-16-42-12-7-31-26(37)30-6-11-41-14-13-39-9-4-28/h2-3,8,17-19H,4-7,9-16,28H2,1H3,(H,29,35)(H,32,36)(H2,30,31,37). The Kier molecular flexibility index (Phi) is 15.2. The second-order valence-electron chi connectivity index (χ2n) is 8.76. The minimum absolute atomic E-state index is 0.260. The number of carbonyl (C=O) groups is 3. The van der Waals surface area contributed by atoms with Crippen LogP contribution < -0.4 is 31.7 Å². The van der Waals surface area contributed by atoms with Crippen LogP contribution in [-0.4, -0.2) is 113 Å². The van der Waals surface area contributed by atoms with Gasteiger partial charge in [-0.2, -0.15) is 0 Å². The molecular formula is C27H39N7O8S. The molecule has 1 aromatic carbocycles. The van der Waals surface area contributed by atoms with Crippen LogP contribution in [0.2, 0.25) is 0 Å². The van der Waals surface area contributed by atoms with E-state index < -0.39 is 0 Å². The molecule has 16 heteroatoms. The second-order valence-corrected chi connectivity index (χ2v) is 9.64. The van der Waals surface area contributed by atoms with Gasteiger partial charge in [0.15, 0.2) is 4.96 Å². The Morgan fingerprint density at radius 2 is 1.49 bits per heavy atom. The first-order chi connectivity index (χ1) is 21.0. The molecule has 15 nitrogen and oxygen atoms in total. The van der Waals surface area contributed by atoms with Crippen LogP contribution in [0.1, 0.15) is 20.8 Å². The fraction of sp³-hybridized carbons (Fsp3) is 0.481. The Balaban J connectivity index is 1.23. The molecular weight excluding hydrogens is 582 g/mol. The molecule has 4 amide bonds. The van der Waals surface area contributed by atoms with Crippen LogP contribution in [0.4, 0.5) is 10.5 Å². The Morgan fingerprint density at radius 1 is 0.860 bits per heavy atom. The third-order valence-electron chi connectivity index (χ3n) is 5.63. The van der Waals surface area contributed by atoms with Crippen LogP contribution in [0.3, 0.4) is 0 Å². The van der Waals surface area contributed by atoms with E-state index in [-0.39, 0.29) is 42.3 Å². The van der Waals surface area contributed by atoms with Crippen molar-refractivity contribution in [3.63, 3.8) is 0 Å². The van der Waals surface area contributed by atoms with Gasteiger partial charge in [0.2, 0.25) is 0 Å². The summed E-state index contributed by atoms with van der Waals surface area (Å²) in [5.41, 5.74) is 6.29. The highest BCUT2D eigenvalue weighted by Crippen LogP contribution is 2.23. The fourth-order valence-electron chi connectivity index (χ4n) is 3.59. The van der Waals surface area contributed by atoms with Gasteiger partial charge in [0, 0.05) is 49.6 Å². The topological polar surface area (TPSA) is 189 Å². The Morgan fingerprint density at radius 3 is 2.09 bits per heavy atom. The van der Waals surface area contributed by atoms with Crippen molar-refractivity contribution < 1.29 is 38.1 Å². The van der Waals surface area contributed by atoms with Crippen LogP contribution in [0.15, 0.2) is 36.0 Å². The summed E-state index contributed by atoms with van der Waals surface area (Å²) in [6.45, 7) is 4.53. The number of hydrogen-bond acceptors (Lipinski definition) is 11. The van der Waals surface area contributed by atoms with E-state index in [1.54, 1.807) is 28.8 Å². The Bertz CT molecular complexity index is 1260. The second kappa shape index (κ2) is 19.4. The van der Waals surface area contributed by atoms with Crippen molar-refractivity contribution in [1.82, 2.24) is 25.3 Å². The normalized spacial score (nSPS) is 10.9. The lowest BCUT2D eigenvalue weighted by atomic mass is 10.1. The van der Waals surface area contributed by atoms with Crippen LogP contribution in [0, 0.1) is 0 Å². The highest BCUT2D eigenvalue weighted by Gasteiger charge is 2.16. The number of aromatic nitrogens is 2. The molecule has 0 bridgehead atoms. The molecule has 236 valence electrons. The maximum Gasteiger partial charge on any atom is 0.314 e. The highest BCUT2D eigenvalue weighted by atomic mass is 32.1. The maximum atomic E-state index is 12.8. The van der Waals surface area contributed by atoms with Gasteiger partial charge in [-0.05, 0) is 18.2 Å². The summed E-state index contributed by atoms with van der Waals surface area (Å²) < 4.78 is 28.5. The number of methoxy groups -OCH3 is 1. The molecule has 0 radical (unpaired) electrons. The first kappa shape index (κ1) is 33.7. The molecule has 6 N–H and O–H groups in total. The number of thiazole rings is 1. The first-order valence-electron chi connectivity index (χ1n) is 13.7. The van der Waals surface area contributed by atoms with E-state index in [0.717, 1.165) is 0 Å². The van der Waals surface area contributed by atoms with Crippen molar-refractivity contribution in [3.8, 4) is 5.75 Å². The molecule has 0 atom stereocenters. The van der Waals surface area contributed by atoms with Gasteiger partial charge in [-0.15, -0.1) is 11.3 Å². The van der Waals surface area contributed by atoms with Gasteiger partial charge in [0.1, 0.15) is 11.4 Å². The van der Waals surface area contributed by atoms with Crippen LogP contribution in [0.5, 0.6) is 5.75 Å². The minimum Gasteiger partial charge on any atom is -0.496 e. The van der Waals surface area contributed by atoms with Crippen molar-refractivity contribution in [1.29, 1.82) is 0 Å². The number of anilines is 1. The van der Waals surface area contributed by atoms with E-state index in [9.17, 15) is 14.4 Å². The first-order valence-corrected chi connectivity index (χ1v) is 14.6. The summed E-state index contributed by atoms with van der Waals surface area (Å²) in [6, 6.07) is 4.50. The van der Waals surface area contributed by atoms with Crippen LogP contribution >= 0.6 is 11.3 Å². The quantitative estimate of drug-likeness (QED) is 0.106. The lowest BCUT2D eigenvalue weighted by Gasteiger charge is -2.12. The van der Waals surface area contributed by atoms with E-state index in [1.807, 2.05) is 11.6 Å². The Hall–Kier alpha value is -3.80. The van der Waals surface area contributed by atoms with Gasteiger partial charge in [-0.25, -0.2) is 9.78 Å². The number of nitrogens with zero attached hydrogens (tertiary/aromatic N) is 2. The summed E-state index contributed by atoms with van der Waals surface area (Å²) >= 11 is 1.43. The van der Waals surface area contributed by atoms with Crippen molar-refractivity contribution >= 4 is 39.8 Å². The van der Waals surface area contributed by atoms with E-state index in [4.69, 9.17) is 29.4 Å². The number of nitrogens with two attached hydrogens (primary N) is 1. The van der Waals surface area contributed by atoms with Gasteiger partial charge in [-0.1, -0.05) is 0 Å². The maximum absolute atomic E-state index is 12.8. The van der Waals surface area contributed by atoms with Crippen molar-refractivity contribution in [2.45, 2.75) is 0 Å². The van der Waals surface area contributed by atoms with Gasteiger partial charge >= 0.3 is 6.03 Å². The summed E-state index contributed by atoms with van der Waals surface area (Å²) in [6.07, 6.45) is 3.46. The average Bonchev–Trinajstić information content (AvgIpc) is 3.62. The largest absolute Gasteiger partial charge is 0.496 e. The molecule has 2 aromatic heterocycles. The minimum atomic E-state index is -0.385. The van der Waals surface area contributed by atoms with E-state index in [0.29, 0.717) is 82.3 Å². The monoisotopic (exact) mass is 621 g/mol. The number of carbonyl (C=O) groups excluding carboxylic acids is 3. The number of nitrogens with one attached hydrogen (secondary N) is 4. The van der Waals surface area contributed by atoms with Gasteiger partial charge < -0.3 is 50.7 Å². The Labute approximate surface area is 253 Å². The van der Waals surface area contributed by atoms with E-state index in [1.165, 1.54) is 18.4 Å². The highest BCUT2D eigenvalue weighted by molar-refractivity contribution is 7.15. The molecule has 0 fully saturated rings. The molecule has 0 aliphatic rings. The van der Waals surface area contributed by atoms with Crippen molar-refractivity contribution in [3.05, 3.63) is 47.2 Å². The summed E-state index contributed by atoms with van der Waals surface area (Å²) in [5, 5.41) is 12.8. The average molecular weight is 622 g/mol. The van der Waals surface area contributed by atoms with E-state index >= 15 is 0 Å². The molecule has 3 rings (SSSR count). The fourth-order valence-corrected chi connectivity index (χ4v) is 4.29. The van der Waals surface area contributed by atoms with Gasteiger partial charge in [0.05, 0.1) is 65.5 Å². The molecule has 2 heterocycles. The summed E-state index contributed by atoms with van der Waals surface area (Å²) in [4.78, 5) is 42.1. The molecule has 0 spiro atoms. The van der Waals surface area contributed by atoms with Crippen molar-refractivity contribution in [2.24, 2.45) is 5.73 Å². The molecule has 43 heavy (non-hydrogen) atoms. The molecule has 0 saturated carbocycles.